The van der Waals surface area contributed by atoms with Gasteiger partial charge in [0, 0.05) is 31.9 Å². The lowest BCUT2D eigenvalue weighted by Gasteiger charge is -2.37. The average molecular weight is 309 g/mol. The molecule has 2 aromatic rings. The SMILES string of the molecule is CN1CCN(C(C(=O)Nc2ccccc2)c2ccccc2)CC1. The molecule has 0 aromatic heterocycles. The van der Waals surface area contributed by atoms with Crippen molar-refractivity contribution in [3.8, 4) is 0 Å². The van der Waals surface area contributed by atoms with Gasteiger partial charge in [-0.2, -0.15) is 0 Å². The average Bonchev–Trinajstić information content (AvgIpc) is 2.59. The third kappa shape index (κ3) is 3.97. The molecule has 4 heteroatoms. The molecule has 4 nitrogen and oxygen atoms in total. The molecule has 120 valence electrons. The maximum absolute atomic E-state index is 12.9. The van der Waals surface area contributed by atoms with Crippen LogP contribution in [0.1, 0.15) is 11.6 Å². The summed E-state index contributed by atoms with van der Waals surface area (Å²) < 4.78 is 0. The first kappa shape index (κ1) is 15.7. The number of para-hydroxylation sites is 1. The Bertz CT molecular complexity index is 622. The van der Waals surface area contributed by atoms with E-state index in [0.717, 1.165) is 37.4 Å². The van der Waals surface area contributed by atoms with Gasteiger partial charge in [-0.15, -0.1) is 0 Å². The second kappa shape index (κ2) is 7.40. The first-order chi connectivity index (χ1) is 11.2. The van der Waals surface area contributed by atoms with Crippen molar-refractivity contribution in [3.05, 3.63) is 66.2 Å². The molecule has 1 amide bonds. The molecule has 1 N–H and O–H groups in total. The third-order valence-corrected chi connectivity index (χ3v) is 4.31. The van der Waals surface area contributed by atoms with E-state index >= 15 is 0 Å². The van der Waals surface area contributed by atoms with Gasteiger partial charge in [0.1, 0.15) is 6.04 Å². The maximum Gasteiger partial charge on any atom is 0.246 e. The van der Waals surface area contributed by atoms with Crippen molar-refractivity contribution < 1.29 is 4.79 Å². The number of nitrogens with zero attached hydrogens (tertiary/aromatic N) is 2. The molecule has 0 bridgehead atoms. The number of hydrogen-bond acceptors (Lipinski definition) is 3. The summed E-state index contributed by atoms with van der Waals surface area (Å²) in [5.41, 5.74) is 1.89. The molecule has 1 heterocycles. The van der Waals surface area contributed by atoms with Crippen LogP contribution in [0.2, 0.25) is 0 Å². The molecule has 0 radical (unpaired) electrons. The number of anilines is 1. The van der Waals surface area contributed by atoms with E-state index in [1.165, 1.54) is 0 Å². The Labute approximate surface area is 137 Å². The monoisotopic (exact) mass is 309 g/mol. The topological polar surface area (TPSA) is 35.6 Å². The molecule has 1 aliphatic heterocycles. The zero-order chi connectivity index (χ0) is 16.1. The Balaban J connectivity index is 1.81. The van der Waals surface area contributed by atoms with Gasteiger partial charge in [-0.25, -0.2) is 0 Å². The number of likely N-dealkylation sites (N-methyl/N-ethyl adjacent to an activating group) is 1. The first-order valence-corrected chi connectivity index (χ1v) is 8.07. The first-order valence-electron chi connectivity index (χ1n) is 8.07. The van der Waals surface area contributed by atoms with Crippen LogP contribution in [0.4, 0.5) is 5.69 Å². The van der Waals surface area contributed by atoms with Crippen LogP contribution < -0.4 is 5.32 Å². The van der Waals surface area contributed by atoms with Crippen molar-refractivity contribution >= 4 is 11.6 Å². The van der Waals surface area contributed by atoms with Gasteiger partial charge >= 0.3 is 0 Å². The van der Waals surface area contributed by atoms with Gasteiger partial charge in [-0.3, -0.25) is 9.69 Å². The molecule has 23 heavy (non-hydrogen) atoms. The second-order valence-corrected chi connectivity index (χ2v) is 6.01. The highest BCUT2D eigenvalue weighted by molar-refractivity contribution is 5.95. The van der Waals surface area contributed by atoms with E-state index in [-0.39, 0.29) is 11.9 Å². The molecular formula is C19H23N3O. The third-order valence-electron chi connectivity index (χ3n) is 4.31. The molecule has 1 fully saturated rings. The Morgan fingerprint density at radius 2 is 1.48 bits per heavy atom. The molecular weight excluding hydrogens is 286 g/mol. The summed E-state index contributed by atoms with van der Waals surface area (Å²) in [5, 5.41) is 3.05. The van der Waals surface area contributed by atoms with Gasteiger partial charge in [0.05, 0.1) is 0 Å². The normalized spacial score (nSPS) is 17.6. The van der Waals surface area contributed by atoms with Crippen LogP contribution >= 0.6 is 0 Å². The molecule has 1 atom stereocenters. The number of hydrogen-bond donors (Lipinski definition) is 1. The van der Waals surface area contributed by atoms with Gasteiger partial charge in [0.2, 0.25) is 5.91 Å². The summed E-state index contributed by atoms with van der Waals surface area (Å²) >= 11 is 0. The molecule has 1 aliphatic rings. The Kier molecular flexibility index (Phi) is 5.05. The van der Waals surface area contributed by atoms with E-state index in [1.807, 2.05) is 60.7 Å². The van der Waals surface area contributed by atoms with E-state index in [2.05, 4.69) is 22.2 Å². The quantitative estimate of drug-likeness (QED) is 0.943. The molecule has 1 unspecified atom stereocenters. The van der Waals surface area contributed by atoms with E-state index in [9.17, 15) is 4.79 Å². The minimum absolute atomic E-state index is 0.0342. The van der Waals surface area contributed by atoms with Crippen LogP contribution in [-0.4, -0.2) is 48.9 Å². The zero-order valence-electron chi connectivity index (χ0n) is 13.5. The standard InChI is InChI=1S/C19H23N3O/c1-21-12-14-22(15-13-21)18(16-8-4-2-5-9-16)19(23)20-17-10-6-3-7-11-17/h2-11,18H,12-15H2,1H3,(H,20,23). The Hall–Kier alpha value is -2.17. The number of benzene rings is 2. The summed E-state index contributed by atoms with van der Waals surface area (Å²) in [6.07, 6.45) is 0. The number of nitrogens with one attached hydrogen (secondary N) is 1. The Morgan fingerprint density at radius 3 is 2.09 bits per heavy atom. The maximum atomic E-state index is 12.9. The smallest absolute Gasteiger partial charge is 0.246 e. The summed E-state index contributed by atoms with van der Waals surface area (Å²) in [4.78, 5) is 17.5. The molecule has 0 aliphatic carbocycles. The fourth-order valence-electron chi connectivity index (χ4n) is 2.98. The van der Waals surface area contributed by atoms with Crippen LogP contribution in [-0.2, 0) is 4.79 Å². The van der Waals surface area contributed by atoms with Gasteiger partial charge in [-0.05, 0) is 24.7 Å². The van der Waals surface area contributed by atoms with Gasteiger partial charge in [-0.1, -0.05) is 48.5 Å². The summed E-state index contributed by atoms with van der Waals surface area (Å²) in [6, 6.07) is 19.5. The van der Waals surface area contributed by atoms with Crippen molar-refractivity contribution in [1.82, 2.24) is 9.80 Å². The van der Waals surface area contributed by atoms with Crippen molar-refractivity contribution in [3.63, 3.8) is 0 Å². The van der Waals surface area contributed by atoms with Crippen LogP contribution in [0, 0.1) is 0 Å². The van der Waals surface area contributed by atoms with Gasteiger partial charge in [0.25, 0.3) is 0 Å². The van der Waals surface area contributed by atoms with E-state index in [0.29, 0.717) is 0 Å². The van der Waals surface area contributed by atoms with Gasteiger partial charge < -0.3 is 10.2 Å². The van der Waals surface area contributed by atoms with Crippen molar-refractivity contribution in [2.45, 2.75) is 6.04 Å². The van der Waals surface area contributed by atoms with Crippen molar-refractivity contribution in [2.75, 3.05) is 38.5 Å². The lowest BCUT2D eigenvalue weighted by atomic mass is 10.0. The van der Waals surface area contributed by atoms with Crippen LogP contribution in [0.3, 0.4) is 0 Å². The zero-order valence-corrected chi connectivity index (χ0v) is 13.5. The van der Waals surface area contributed by atoms with Gasteiger partial charge in [0.15, 0.2) is 0 Å². The summed E-state index contributed by atoms with van der Waals surface area (Å²) in [5.74, 6) is 0.0342. The number of piperazine rings is 1. The fourth-order valence-corrected chi connectivity index (χ4v) is 2.98. The highest BCUT2D eigenvalue weighted by Crippen LogP contribution is 2.24. The van der Waals surface area contributed by atoms with Crippen molar-refractivity contribution in [1.29, 1.82) is 0 Å². The highest BCUT2D eigenvalue weighted by atomic mass is 16.2. The molecule has 3 rings (SSSR count). The number of rotatable bonds is 4. The van der Waals surface area contributed by atoms with Crippen LogP contribution in [0.25, 0.3) is 0 Å². The minimum Gasteiger partial charge on any atom is -0.324 e. The fraction of sp³-hybridized carbons (Fsp3) is 0.316. The number of carbonyl (C=O) groups is 1. The highest BCUT2D eigenvalue weighted by Gasteiger charge is 2.29. The number of carbonyl (C=O) groups excluding carboxylic acids is 1. The predicted molar refractivity (Wildman–Crippen MR) is 93.3 cm³/mol. The predicted octanol–water partition coefficient (Wildman–Crippen LogP) is 2.61. The van der Waals surface area contributed by atoms with E-state index in [1.54, 1.807) is 0 Å². The minimum atomic E-state index is -0.245. The largest absolute Gasteiger partial charge is 0.324 e. The number of amides is 1. The molecule has 1 saturated heterocycles. The van der Waals surface area contributed by atoms with E-state index < -0.39 is 0 Å². The van der Waals surface area contributed by atoms with Crippen molar-refractivity contribution in [2.24, 2.45) is 0 Å². The van der Waals surface area contributed by atoms with Crippen LogP contribution in [0.15, 0.2) is 60.7 Å². The lowest BCUT2D eigenvalue weighted by molar-refractivity contribution is -0.122. The summed E-state index contributed by atoms with van der Waals surface area (Å²) in [6.45, 7) is 3.78. The molecule has 0 spiro atoms. The van der Waals surface area contributed by atoms with E-state index in [4.69, 9.17) is 0 Å². The second-order valence-electron chi connectivity index (χ2n) is 6.01. The summed E-state index contributed by atoms with van der Waals surface area (Å²) in [7, 11) is 2.12. The van der Waals surface area contributed by atoms with Crippen LogP contribution in [0.5, 0.6) is 0 Å². The lowest BCUT2D eigenvalue weighted by Crippen LogP contribution is -2.48. The Morgan fingerprint density at radius 1 is 0.913 bits per heavy atom. The molecule has 0 saturated carbocycles. The molecule has 2 aromatic carbocycles.